The van der Waals surface area contributed by atoms with E-state index in [1.807, 2.05) is 72.8 Å². The van der Waals surface area contributed by atoms with Crippen LogP contribution in [0.3, 0.4) is 0 Å². The molecule has 0 radical (unpaired) electrons. The summed E-state index contributed by atoms with van der Waals surface area (Å²) in [6.45, 7) is 28.5. The first kappa shape index (κ1) is 118. The van der Waals surface area contributed by atoms with Crippen molar-refractivity contribution in [1.82, 2.24) is 118 Å². The summed E-state index contributed by atoms with van der Waals surface area (Å²) in [5.74, 6) is -13.0. The maximum absolute atomic E-state index is 12.7. The number of benzene rings is 4. The normalized spacial score (nSPS) is 15.2. The Hall–Kier alpha value is -14.6. The topological polar surface area (TPSA) is 685 Å². The second kappa shape index (κ2) is 57.3. The smallest absolute Gasteiger partial charge is 0.421 e. The first-order valence-corrected chi connectivity index (χ1v) is 44.3. The van der Waals surface area contributed by atoms with Crippen molar-refractivity contribution >= 4 is 130 Å². The predicted octanol–water partition coefficient (Wildman–Crippen LogP) is -3.86. The Morgan fingerprint density at radius 2 is 0.428 bits per heavy atom. The van der Waals surface area contributed by atoms with Crippen molar-refractivity contribution in [1.29, 1.82) is 0 Å². The molecule has 0 aliphatic heterocycles. The summed E-state index contributed by atoms with van der Waals surface area (Å²) >= 11 is 0. The number of nitrogens with two attached hydrogens (primary N) is 1. The lowest BCUT2D eigenvalue weighted by Crippen LogP contribution is -2.57. The third kappa shape index (κ3) is 37.6. The molecular weight excluding hydrogens is 1800 g/mol. The SMILES string of the molecule is CC(=O)NNC(C)C(=O)N[C@@H](C)C(=O)NC(C)C(=O)N[C@@H](C)C(=O)NC(C)C(=O)N[C@@H](C)C(N)=O.CNC(=O)OCC1c2ccccc2-c2ccccc21.CNC(C)C(=O)C(=O)[C@H](C)NC(=O)C(C)NC(=O)[C@H](C)NC(=O)C(C)NC(=O)[C@H](C)NNC(=O)OCC1c2ccccc2-c2ccccc21.CN[C@H](C)C(=O)C(=O)C(C)NC(=O)[C@H](C)NC(=O)C(C)NC(=O)[C@H](C)NC(=O)C(C)NNC(C)=O. The lowest BCUT2D eigenvalue weighted by molar-refractivity contribution is -0.139. The number of amides is 18. The largest absolute Gasteiger partial charge is 0.449 e. The fraction of sp³-hybridized carbons (Fsp3) is 0.495. The summed E-state index contributed by atoms with van der Waals surface area (Å²) in [5.41, 5.74) is 28.7. The van der Waals surface area contributed by atoms with E-state index >= 15 is 0 Å². The first-order valence-electron chi connectivity index (χ1n) is 44.3. The number of primary amides is 1. The van der Waals surface area contributed by atoms with Crippen molar-refractivity contribution in [2.75, 3.05) is 34.4 Å². The zero-order chi connectivity index (χ0) is 105. The standard InChI is InChI=1S/C34H45N7O8.C21H37N7O7.C20H36N8O7.C16H15NO2/c1-17(35-7)28(42)29(43)18(2)36-30(44)19(3)37-31(45)20(4)38-32(46)21(5)39-33(47)22(6)40-41-34(48)49-16-27-25-14-10-8-12-23(25)24-13-9-11-15-26(24)27;1-9(22-8)16(30)17(31)10(2)23-18(32)11(3)24-19(33)12(4)25-20(34)13(5)26-21(35)14(6)27-28-15(7)29;1-8(15(21)30)22-16(31)9(2)23-17(32)10(3)24-18(33)11(4)25-19(34)12(5)26-20(35)13(6)27-28-14(7)29;1-17-16(18)19-10-15-13-8-4-2-6-11(13)12-7-3-5-9-14(12)15/h8-15,17-22,27,35,40H,16H2,1-7H3,(H,36,44)(H,37,45)(H,38,46)(H,39,47)(H,41,48);9-14,22,27H,1-8H3,(H,23,32)(H,24,33)(H,25,34)(H,26,35)(H,28,29);8-13,27H,1-7H3,(H2,21,30)(H,22,31)(H,23,32)(H,24,33)(H,25,34)(H,26,35)(H,28,29);2-9,15H,10H2,1H3,(H,17,18)/t17?,18-,19?,20-,21?,22-;9-,10?,11+,12?,13+,14?;8-,9?,10-,11?,12-,13?;/m010./s1. The van der Waals surface area contributed by atoms with Crippen LogP contribution in [0.5, 0.6) is 0 Å². The third-order valence-corrected chi connectivity index (χ3v) is 21.3. The Kier molecular flexibility index (Phi) is 48.9. The molecule has 0 saturated heterocycles. The van der Waals surface area contributed by atoms with Crippen LogP contribution in [0.4, 0.5) is 9.59 Å². The highest BCUT2D eigenvalue weighted by molar-refractivity contribution is 6.41. The quantitative estimate of drug-likeness (QED) is 0.0149. The van der Waals surface area contributed by atoms with E-state index in [0.29, 0.717) is 6.61 Å². The number of ether oxygens (including phenoxy) is 2. The molecule has 2 aliphatic rings. The Morgan fingerprint density at radius 1 is 0.246 bits per heavy atom. The van der Waals surface area contributed by atoms with Gasteiger partial charge >= 0.3 is 12.2 Å². The molecule has 4 aromatic rings. The first-order chi connectivity index (χ1) is 64.6. The number of carbonyl (C=O) groups excluding carboxylic acids is 22. The molecule has 18 amide bonds. The molecular formula is C91H133N23O24. The number of Topliss-reactive ketones (excluding diaryl/α,β-unsaturated/α-hetero) is 4. The zero-order valence-electron chi connectivity index (χ0n) is 81.6. The van der Waals surface area contributed by atoms with Gasteiger partial charge in [-0.25, -0.2) is 25.9 Å². The Balaban J connectivity index is 0.000000493. The number of fused-ring (bicyclic) bond motifs is 6. The monoisotopic (exact) mass is 1930 g/mol. The van der Waals surface area contributed by atoms with E-state index in [1.165, 1.54) is 175 Å². The molecule has 0 aromatic heterocycles. The number of rotatable bonds is 45. The van der Waals surface area contributed by atoms with Crippen LogP contribution in [-0.2, 0) is 105 Å². The molecule has 4 aromatic carbocycles. The molecule has 138 heavy (non-hydrogen) atoms. The van der Waals surface area contributed by atoms with Gasteiger partial charge in [0.1, 0.15) is 97.8 Å². The summed E-state index contributed by atoms with van der Waals surface area (Å²) < 4.78 is 10.7. The molecule has 47 nitrogen and oxygen atoms in total. The Bertz CT molecular complexity index is 4970. The van der Waals surface area contributed by atoms with E-state index in [2.05, 4.69) is 142 Å². The number of hydrazine groups is 3. The van der Waals surface area contributed by atoms with Gasteiger partial charge in [0.05, 0.1) is 24.2 Å². The molecule has 18 atom stereocenters. The third-order valence-electron chi connectivity index (χ3n) is 21.3. The van der Waals surface area contributed by atoms with Crippen molar-refractivity contribution in [2.24, 2.45) is 5.73 Å². The lowest BCUT2D eigenvalue weighted by atomic mass is 9.98. The number of likely N-dealkylation sites (N-methyl/N-ethyl adjacent to an activating group) is 2. The van der Waals surface area contributed by atoms with Gasteiger partial charge in [-0.3, -0.25) is 112 Å². The minimum atomic E-state index is -1.11. The molecule has 9 unspecified atom stereocenters. The summed E-state index contributed by atoms with van der Waals surface area (Å²) in [6, 6.07) is 14.8. The van der Waals surface area contributed by atoms with E-state index < -0.39 is 232 Å². The lowest BCUT2D eigenvalue weighted by Gasteiger charge is -2.22. The summed E-state index contributed by atoms with van der Waals surface area (Å²) in [5, 5.41) is 39.2. The molecule has 756 valence electrons. The highest BCUT2D eigenvalue weighted by atomic mass is 16.6. The van der Waals surface area contributed by atoms with Crippen LogP contribution in [0.1, 0.15) is 173 Å². The van der Waals surface area contributed by atoms with Crippen LogP contribution < -0.4 is 123 Å². The molecule has 0 saturated carbocycles. The average Bonchev–Trinajstić information content (AvgIpc) is 1.62. The van der Waals surface area contributed by atoms with Crippen LogP contribution in [0.2, 0.25) is 0 Å². The summed E-state index contributed by atoms with van der Waals surface area (Å²) in [6.07, 6.45) is -1.17. The fourth-order valence-corrected chi connectivity index (χ4v) is 12.5. The van der Waals surface area contributed by atoms with Crippen molar-refractivity contribution in [3.05, 3.63) is 119 Å². The maximum atomic E-state index is 12.7. The number of hydrogen-bond donors (Lipinski definition) is 23. The van der Waals surface area contributed by atoms with Crippen molar-refractivity contribution in [2.45, 2.75) is 259 Å². The molecule has 6 rings (SSSR count). The van der Waals surface area contributed by atoms with Gasteiger partial charge in [0, 0.05) is 32.7 Å². The second-order valence-corrected chi connectivity index (χ2v) is 32.9. The minimum Gasteiger partial charge on any atom is -0.449 e. The highest BCUT2D eigenvalue weighted by Gasteiger charge is 2.36. The van der Waals surface area contributed by atoms with Gasteiger partial charge in [-0.1, -0.05) is 97.1 Å². The Labute approximate surface area is 799 Å². The van der Waals surface area contributed by atoms with Gasteiger partial charge in [-0.2, -0.15) is 0 Å². The van der Waals surface area contributed by atoms with Gasteiger partial charge < -0.3 is 100 Å². The van der Waals surface area contributed by atoms with E-state index in [9.17, 15) is 105 Å². The Morgan fingerprint density at radius 3 is 0.630 bits per heavy atom. The number of carbonyl (C=O) groups is 22. The van der Waals surface area contributed by atoms with Crippen molar-refractivity contribution < 1.29 is 115 Å². The highest BCUT2D eigenvalue weighted by Crippen LogP contribution is 2.46. The molecule has 2 aliphatic carbocycles. The van der Waals surface area contributed by atoms with Gasteiger partial charge in [-0.15, -0.1) is 0 Å². The summed E-state index contributed by atoms with van der Waals surface area (Å²) in [4.78, 5) is 265. The molecule has 24 N–H and O–H groups in total. The number of nitrogens with one attached hydrogen (secondary N) is 22. The van der Waals surface area contributed by atoms with Crippen LogP contribution in [0.15, 0.2) is 97.1 Å². The minimum absolute atomic E-state index is 0.0879. The van der Waals surface area contributed by atoms with Crippen LogP contribution >= 0.6 is 0 Å². The van der Waals surface area contributed by atoms with E-state index in [4.69, 9.17) is 15.2 Å². The molecule has 0 bridgehead atoms. The van der Waals surface area contributed by atoms with E-state index in [0.717, 1.165) is 22.3 Å². The van der Waals surface area contributed by atoms with Crippen LogP contribution in [0, 0.1) is 0 Å². The molecule has 0 spiro atoms. The average molecular weight is 1930 g/mol. The number of ketones is 4. The van der Waals surface area contributed by atoms with E-state index in [-0.39, 0.29) is 24.5 Å². The molecule has 47 heteroatoms. The molecule has 0 fully saturated rings. The predicted molar refractivity (Wildman–Crippen MR) is 503 cm³/mol. The van der Waals surface area contributed by atoms with Gasteiger partial charge in [0.2, 0.25) is 118 Å². The van der Waals surface area contributed by atoms with Gasteiger partial charge in [-0.05, 0) is 183 Å². The fourth-order valence-electron chi connectivity index (χ4n) is 12.5. The summed E-state index contributed by atoms with van der Waals surface area (Å²) in [7, 11) is 4.62. The molecule has 0 heterocycles. The van der Waals surface area contributed by atoms with Crippen molar-refractivity contribution in [3.63, 3.8) is 0 Å². The second-order valence-electron chi connectivity index (χ2n) is 32.9. The van der Waals surface area contributed by atoms with Crippen LogP contribution in [0.25, 0.3) is 22.3 Å². The zero-order valence-corrected chi connectivity index (χ0v) is 81.6. The number of hydrogen-bond acceptors (Lipinski definition) is 29. The number of alkyl carbamates (subject to hydrolysis) is 1. The van der Waals surface area contributed by atoms with Gasteiger partial charge in [0.25, 0.3) is 0 Å². The van der Waals surface area contributed by atoms with E-state index in [1.54, 1.807) is 7.05 Å². The van der Waals surface area contributed by atoms with Gasteiger partial charge in [0.15, 0.2) is 0 Å². The van der Waals surface area contributed by atoms with Crippen molar-refractivity contribution in [3.8, 4) is 22.3 Å². The maximum Gasteiger partial charge on any atom is 0.421 e. The van der Waals surface area contributed by atoms with Crippen LogP contribution in [-0.4, -0.2) is 273 Å².